The van der Waals surface area contributed by atoms with Gasteiger partial charge in [0.05, 0.1) is 6.04 Å². The quantitative estimate of drug-likeness (QED) is 0.415. The lowest BCUT2D eigenvalue weighted by Crippen LogP contribution is -2.41. The van der Waals surface area contributed by atoms with Gasteiger partial charge in [0.2, 0.25) is 11.8 Å². The lowest BCUT2D eigenvalue weighted by Gasteiger charge is -2.10. The average Bonchev–Trinajstić information content (AvgIpc) is 2.13. The Morgan fingerprint density at radius 3 is 2.33 bits per heavy atom. The fourth-order valence-corrected chi connectivity index (χ4v) is 0.804. The second-order valence-electron chi connectivity index (χ2n) is 3.17. The molecule has 0 radical (unpaired) electrons. The third kappa shape index (κ3) is 5.63. The van der Waals surface area contributed by atoms with Crippen LogP contribution < -0.4 is 16.8 Å². The first kappa shape index (κ1) is 13.4. The Labute approximate surface area is 86.8 Å². The topological polar surface area (TPSA) is 136 Å². The van der Waals surface area contributed by atoms with Gasteiger partial charge >= 0.3 is 5.97 Å². The first-order valence-electron chi connectivity index (χ1n) is 4.41. The normalized spacial score (nSPS) is 14.0. The van der Waals surface area contributed by atoms with E-state index in [1.165, 1.54) is 6.92 Å². The number of hydrogen-bond acceptors (Lipinski definition) is 4. The summed E-state index contributed by atoms with van der Waals surface area (Å²) in [5, 5.41) is 10.7. The van der Waals surface area contributed by atoms with Crippen molar-refractivity contribution in [3.63, 3.8) is 0 Å². The highest BCUT2D eigenvalue weighted by Gasteiger charge is 2.16. The minimum Gasteiger partial charge on any atom is -0.480 e. The summed E-state index contributed by atoms with van der Waals surface area (Å²) in [6.07, 6.45) is 0.0786. The number of primary amides is 1. The molecule has 86 valence electrons. The SMILES string of the molecule is C[C@H](NC(=O)CC[C@H](N)C(N)=O)C(=O)O. The zero-order valence-electron chi connectivity index (χ0n) is 8.40. The number of carbonyl (C=O) groups excluding carboxylic acids is 2. The zero-order chi connectivity index (χ0) is 12.0. The van der Waals surface area contributed by atoms with Crippen molar-refractivity contribution >= 4 is 17.8 Å². The molecule has 0 aromatic heterocycles. The summed E-state index contributed by atoms with van der Waals surface area (Å²) in [7, 11) is 0. The van der Waals surface area contributed by atoms with Crippen LogP contribution >= 0.6 is 0 Å². The number of carbonyl (C=O) groups is 3. The summed E-state index contributed by atoms with van der Waals surface area (Å²) in [5.41, 5.74) is 10.2. The predicted octanol–water partition coefficient (Wildman–Crippen LogP) is -1.83. The van der Waals surface area contributed by atoms with Crippen LogP contribution in [0.3, 0.4) is 0 Å². The molecule has 0 aliphatic carbocycles. The van der Waals surface area contributed by atoms with E-state index in [0.717, 1.165) is 0 Å². The van der Waals surface area contributed by atoms with E-state index < -0.39 is 29.9 Å². The summed E-state index contributed by atoms with van der Waals surface area (Å²) in [4.78, 5) is 32.0. The highest BCUT2D eigenvalue weighted by Crippen LogP contribution is 1.94. The Morgan fingerprint density at radius 1 is 1.40 bits per heavy atom. The number of rotatable bonds is 6. The maximum atomic E-state index is 11.1. The van der Waals surface area contributed by atoms with Gasteiger partial charge in [0.15, 0.2) is 0 Å². The van der Waals surface area contributed by atoms with E-state index in [9.17, 15) is 14.4 Å². The zero-order valence-corrected chi connectivity index (χ0v) is 8.40. The molecule has 0 aliphatic heterocycles. The molecule has 0 bridgehead atoms. The second-order valence-corrected chi connectivity index (χ2v) is 3.17. The molecule has 0 unspecified atom stereocenters. The Kier molecular flexibility index (Phi) is 5.32. The van der Waals surface area contributed by atoms with E-state index in [0.29, 0.717) is 0 Å². The molecule has 0 saturated heterocycles. The molecule has 0 rings (SSSR count). The van der Waals surface area contributed by atoms with Crippen molar-refractivity contribution in [2.45, 2.75) is 31.8 Å². The van der Waals surface area contributed by atoms with Gasteiger partial charge in [-0.3, -0.25) is 14.4 Å². The van der Waals surface area contributed by atoms with Gasteiger partial charge in [-0.2, -0.15) is 0 Å². The van der Waals surface area contributed by atoms with Crippen molar-refractivity contribution < 1.29 is 19.5 Å². The summed E-state index contributed by atoms with van der Waals surface area (Å²) in [6.45, 7) is 1.34. The molecular weight excluding hydrogens is 202 g/mol. The van der Waals surface area contributed by atoms with Crippen LogP contribution in [0.25, 0.3) is 0 Å². The smallest absolute Gasteiger partial charge is 0.325 e. The van der Waals surface area contributed by atoms with Crippen LogP contribution in [0.1, 0.15) is 19.8 Å². The molecule has 2 atom stereocenters. The number of nitrogens with one attached hydrogen (secondary N) is 1. The number of hydrogen-bond donors (Lipinski definition) is 4. The van der Waals surface area contributed by atoms with Crippen LogP contribution in [-0.2, 0) is 14.4 Å². The lowest BCUT2D eigenvalue weighted by atomic mass is 10.1. The average molecular weight is 217 g/mol. The number of nitrogens with two attached hydrogens (primary N) is 2. The maximum Gasteiger partial charge on any atom is 0.325 e. The van der Waals surface area contributed by atoms with Crippen molar-refractivity contribution in [3.8, 4) is 0 Å². The third-order valence-corrected chi connectivity index (χ3v) is 1.80. The predicted molar refractivity (Wildman–Crippen MR) is 51.6 cm³/mol. The Morgan fingerprint density at radius 2 is 1.93 bits per heavy atom. The van der Waals surface area contributed by atoms with Gasteiger partial charge in [-0.1, -0.05) is 0 Å². The van der Waals surface area contributed by atoms with Crippen LogP contribution in [0.4, 0.5) is 0 Å². The highest BCUT2D eigenvalue weighted by atomic mass is 16.4. The monoisotopic (exact) mass is 217 g/mol. The lowest BCUT2D eigenvalue weighted by molar-refractivity contribution is -0.141. The first-order valence-corrected chi connectivity index (χ1v) is 4.41. The van der Waals surface area contributed by atoms with Crippen LogP contribution in [0.15, 0.2) is 0 Å². The third-order valence-electron chi connectivity index (χ3n) is 1.80. The molecule has 0 spiro atoms. The van der Waals surface area contributed by atoms with E-state index in [2.05, 4.69) is 5.32 Å². The van der Waals surface area contributed by atoms with Gasteiger partial charge in [-0.05, 0) is 13.3 Å². The highest BCUT2D eigenvalue weighted by molar-refractivity contribution is 5.84. The Balaban J connectivity index is 3.85. The molecule has 0 aliphatic rings. The molecule has 7 nitrogen and oxygen atoms in total. The van der Waals surface area contributed by atoms with Gasteiger partial charge in [0.1, 0.15) is 6.04 Å². The van der Waals surface area contributed by atoms with Gasteiger partial charge in [-0.25, -0.2) is 0 Å². The largest absolute Gasteiger partial charge is 0.480 e. The molecular formula is C8H15N3O4. The summed E-state index contributed by atoms with van der Waals surface area (Å²) in [5.74, 6) is -2.28. The number of carboxylic acid groups (broad SMARTS) is 1. The van der Waals surface area contributed by atoms with Crippen LogP contribution in [0, 0.1) is 0 Å². The van der Waals surface area contributed by atoms with E-state index in [-0.39, 0.29) is 12.8 Å². The number of aliphatic carboxylic acids is 1. The minimum atomic E-state index is -1.12. The molecule has 0 fully saturated rings. The van der Waals surface area contributed by atoms with Crippen LogP contribution in [0.2, 0.25) is 0 Å². The van der Waals surface area contributed by atoms with Crippen molar-refractivity contribution in [1.29, 1.82) is 0 Å². The van der Waals surface area contributed by atoms with Crippen molar-refractivity contribution in [2.24, 2.45) is 11.5 Å². The number of amides is 2. The molecule has 0 saturated carbocycles. The van der Waals surface area contributed by atoms with Gasteiger partial charge in [0.25, 0.3) is 0 Å². The molecule has 2 amide bonds. The molecule has 0 aromatic carbocycles. The minimum absolute atomic E-state index is 0.0261. The van der Waals surface area contributed by atoms with Gasteiger partial charge in [0, 0.05) is 6.42 Å². The summed E-state index contributed by atoms with van der Waals surface area (Å²) in [6, 6.07) is -1.84. The number of carboxylic acids is 1. The van der Waals surface area contributed by atoms with E-state index >= 15 is 0 Å². The Bertz CT molecular complexity index is 267. The molecule has 6 N–H and O–H groups in total. The Hall–Kier alpha value is -1.63. The van der Waals surface area contributed by atoms with E-state index in [1.54, 1.807) is 0 Å². The second kappa shape index (κ2) is 5.97. The molecule has 0 aromatic rings. The van der Waals surface area contributed by atoms with Crippen LogP contribution in [-0.4, -0.2) is 35.0 Å². The fraction of sp³-hybridized carbons (Fsp3) is 0.625. The van der Waals surface area contributed by atoms with Crippen molar-refractivity contribution in [1.82, 2.24) is 5.32 Å². The van der Waals surface area contributed by atoms with Crippen molar-refractivity contribution in [2.75, 3.05) is 0 Å². The molecule has 7 heteroatoms. The van der Waals surface area contributed by atoms with Crippen LogP contribution in [0.5, 0.6) is 0 Å². The van der Waals surface area contributed by atoms with Gasteiger partial charge < -0.3 is 21.9 Å². The summed E-state index contributed by atoms with van der Waals surface area (Å²) < 4.78 is 0. The van der Waals surface area contributed by atoms with E-state index in [4.69, 9.17) is 16.6 Å². The summed E-state index contributed by atoms with van der Waals surface area (Å²) >= 11 is 0. The standard InChI is InChI=1S/C8H15N3O4/c1-4(8(14)15)11-6(12)3-2-5(9)7(10)13/h4-5H,2-3,9H2,1H3,(H2,10,13)(H,11,12)(H,14,15)/t4-,5-/m0/s1. The fourth-order valence-electron chi connectivity index (χ4n) is 0.804. The first-order chi connectivity index (χ1) is 6.84. The maximum absolute atomic E-state index is 11.1. The van der Waals surface area contributed by atoms with Crippen molar-refractivity contribution in [3.05, 3.63) is 0 Å². The van der Waals surface area contributed by atoms with Gasteiger partial charge in [-0.15, -0.1) is 0 Å². The molecule has 0 heterocycles. The van der Waals surface area contributed by atoms with E-state index in [1.807, 2.05) is 0 Å². The molecule has 15 heavy (non-hydrogen) atoms.